The normalized spacial score (nSPS) is 15.8. The fourth-order valence-electron chi connectivity index (χ4n) is 6.12. The van der Waals surface area contributed by atoms with Crippen molar-refractivity contribution in [2.45, 2.75) is 51.1 Å². The standard InChI is InChI=1S/C32H40BrN9O3S/c1-6-20-17-26(28(45-4)18-27(20)41-15-11-21(12-16-41)40(2)3)38-32-36-19-23(33)31(39-32)37-25-10-9-24-29(35-14-13-34-24)30(25)42(22-7-8-22)46(5,43)44/h9-10,13-14,17-19,21-22H,6-8,11-12,15-16H2,1-5H3,(H2,36,37,38,39). The number of rotatable bonds is 11. The smallest absolute Gasteiger partial charge is 0.232 e. The zero-order valence-corrected chi connectivity index (χ0v) is 29.2. The van der Waals surface area contributed by atoms with Crippen LogP contribution in [-0.4, -0.2) is 85.9 Å². The third-order valence-corrected chi connectivity index (χ3v) is 10.4. The summed E-state index contributed by atoms with van der Waals surface area (Å²) in [5.41, 5.74) is 5.27. The molecule has 2 aliphatic rings. The highest BCUT2D eigenvalue weighted by molar-refractivity contribution is 9.10. The second kappa shape index (κ2) is 13.2. The topological polar surface area (TPSA) is 129 Å². The van der Waals surface area contributed by atoms with Crippen LogP contribution in [0.2, 0.25) is 0 Å². The number of piperidine rings is 1. The lowest BCUT2D eigenvalue weighted by atomic mass is 10.0. The molecule has 1 saturated heterocycles. The molecule has 2 N–H and O–H groups in total. The highest BCUT2D eigenvalue weighted by Gasteiger charge is 2.38. The Morgan fingerprint density at radius 1 is 1.00 bits per heavy atom. The van der Waals surface area contributed by atoms with Gasteiger partial charge < -0.3 is 25.2 Å². The third kappa shape index (κ3) is 6.69. The molecule has 2 aromatic carbocycles. The SMILES string of the molecule is CCc1cc(Nc2ncc(Br)c(Nc3ccc4nccnc4c3N(C3CC3)S(C)(=O)=O)n2)c(OC)cc1N1CCC(N(C)C)CC1. The monoisotopic (exact) mass is 709 g/mol. The molecule has 3 heterocycles. The summed E-state index contributed by atoms with van der Waals surface area (Å²) in [6, 6.07) is 8.32. The Balaban J connectivity index is 1.32. The Hall–Kier alpha value is -3.75. The number of nitrogens with zero attached hydrogens (tertiary/aromatic N) is 7. The number of fused-ring (bicyclic) bond motifs is 1. The highest BCUT2D eigenvalue weighted by Crippen LogP contribution is 2.43. The fraction of sp³-hybridized carbons (Fsp3) is 0.438. The average Bonchev–Trinajstić information content (AvgIpc) is 3.88. The lowest BCUT2D eigenvalue weighted by molar-refractivity contribution is 0.249. The van der Waals surface area contributed by atoms with Crippen LogP contribution in [-0.2, 0) is 16.4 Å². The minimum Gasteiger partial charge on any atom is -0.494 e. The second-order valence-electron chi connectivity index (χ2n) is 12.0. The number of nitrogens with one attached hydrogen (secondary N) is 2. The predicted octanol–water partition coefficient (Wildman–Crippen LogP) is 5.70. The van der Waals surface area contributed by atoms with E-state index in [1.807, 2.05) is 12.1 Å². The zero-order valence-electron chi connectivity index (χ0n) is 26.8. The van der Waals surface area contributed by atoms with Gasteiger partial charge in [-0.05, 0) is 85.9 Å². The molecule has 2 fully saturated rings. The van der Waals surface area contributed by atoms with Gasteiger partial charge in [0.2, 0.25) is 16.0 Å². The van der Waals surface area contributed by atoms with Crippen molar-refractivity contribution in [1.29, 1.82) is 0 Å². The number of benzene rings is 2. The summed E-state index contributed by atoms with van der Waals surface area (Å²) in [6.45, 7) is 4.15. The van der Waals surface area contributed by atoms with Gasteiger partial charge in [0.05, 0.1) is 34.7 Å². The molecular weight excluding hydrogens is 670 g/mol. The molecule has 1 aliphatic carbocycles. The number of ether oxygens (including phenoxy) is 1. The molecule has 46 heavy (non-hydrogen) atoms. The van der Waals surface area contributed by atoms with E-state index in [9.17, 15) is 8.42 Å². The summed E-state index contributed by atoms with van der Waals surface area (Å²) in [4.78, 5) is 23.0. The summed E-state index contributed by atoms with van der Waals surface area (Å²) in [5, 5.41) is 6.72. The van der Waals surface area contributed by atoms with Gasteiger partial charge in [-0.3, -0.25) is 14.3 Å². The number of anilines is 6. The summed E-state index contributed by atoms with van der Waals surface area (Å²) in [7, 11) is 2.37. The summed E-state index contributed by atoms with van der Waals surface area (Å²) in [6.07, 6.45) is 10.7. The van der Waals surface area contributed by atoms with Crippen molar-refractivity contribution in [2.24, 2.45) is 0 Å². The van der Waals surface area contributed by atoms with E-state index >= 15 is 0 Å². The molecule has 6 rings (SSSR count). The number of aromatic nitrogens is 4. The van der Waals surface area contributed by atoms with Gasteiger partial charge in [0.1, 0.15) is 22.8 Å². The molecule has 14 heteroatoms. The van der Waals surface area contributed by atoms with Gasteiger partial charge in [-0.25, -0.2) is 13.4 Å². The average molecular weight is 711 g/mol. The van der Waals surface area contributed by atoms with Crippen LogP contribution in [0.3, 0.4) is 0 Å². The largest absolute Gasteiger partial charge is 0.494 e. The first-order valence-corrected chi connectivity index (χ1v) is 18.1. The van der Waals surface area contributed by atoms with Crippen molar-refractivity contribution in [3.8, 4) is 5.75 Å². The van der Waals surface area contributed by atoms with Gasteiger partial charge in [-0.1, -0.05) is 6.92 Å². The van der Waals surface area contributed by atoms with E-state index in [2.05, 4.69) is 84.5 Å². The van der Waals surface area contributed by atoms with E-state index in [4.69, 9.17) is 9.72 Å². The molecule has 0 atom stereocenters. The minimum atomic E-state index is -3.60. The zero-order chi connectivity index (χ0) is 32.6. The van der Waals surface area contributed by atoms with E-state index < -0.39 is 10.0 Å². The van der Waals surface area contributed by atoms with E-state index in [0.29, 0.717) is 50.4 Å². The number of methoxy groups -OCH3 is 1. The Labute approximate surface area is 278 Å². The van der Waals surface area contributed by atoms with Crippen molar-refractivity contribution in [3.05, 3.63) is 52.9 Å². The molecule has 1 aliphatic heterocycles. The lowest BCUT2D eigenvalue weighted by Crippen LogP contribution is -2.42. The first kappa shape index (κ1) is 32.2. The summed E-state index contributed by atoms with van der Waals surface area (Å²) < 4.78 is 34.0. The Bertz CT molecular complexity index is 1840. The number of aryl methyl sites for hydroxylation is 1. The molecule has 0 bridgehead atoms. The van der Waals surface area contributed by atoms with Gasteiger partial charge in [-0.2, -0.15) is 4.98 Å². The molecule has 4 aromatic rings. The molecule has 244 valence electrons. The van der Waals surface area contributed by atoms with Gasteiger partial charge in [0.15, 0.2) is 0 Å². The molecule has 0 radical (unpaired) electrons. The minimum absolute atomic E-state index is 0.128. The van der Waals surface area contributed by atoms with Crippen LogP contribution in [0, 0.1) is 0 Å². The Kier molecular flexibility index (Phi) is 9.22. The maximum Gasteiger partial charge on any atom is 0.232 e. The van der Waals surface area contributed by atoms with Crippen molar-refractivity contribution >= 4 is 71.5 Å². The first-order valence-electron chi connectivity index (χ1n) is 15.5. The lowest BCUT2D eigenvalue weighted by Gasteiger charge is -2.37. The van der Waals surface area contributed by atoms with Gasteiger partial charge in [0, 0.05) is 55.5 Å². The Morgan fingerprint density at radius 3 is 2.39 bits per heavy atom. The van der Waals surface area contributed by atoms with Gasteiger partial charge >= 0.3 is 0 Å². The second-order valence-corrected chi connectivity index (χ2v) is 14.7. The predicted molar refractivity (Wildman–Crippen MR) is 187 cm³/mol. The van der Waals surface area contributed by atoms with Crippen molar-refractivity contribution < 1.29 is 13.2 Å². The van der Waals surface area contributed by atoms with Crippen LogP contribution < -0.4 is 24.6 Å². The van der Waals surface area contributed by atoms with Crippen LogP contribution in [0.4, 0.5) is 34.5 Å². The van der Waals surface area contributed by atoms with Crippen molar-refractivity contribution in [2.75, 3.05) is 60.4 Å². The molecule has 0 spiro atoms. The maximum absolute atomic E-state index is 13.1. The molecule has 1 saturated carbocycles. The molecule has 0 amide bonds. The van der Waals surface area contributed by atoms with E-state index in [-0.39, 0.29) is 6.04 Å². The van der Waals surface area contributed by atoms with E-state index in [0.717, 1.165) is 50.9 Å². The van der Waals surface area contributed by atoms with Crippen LogP contribution in [0.15, 0.2) is 47.3 Å². The van der Waals surface area contributed by atoms with E-state index in [1.54, 1.807) is 25.7 Å². The molecule has 12 nitrogen and oxygen atoms in total. The van der Waals surface area contributed by atoms with Crippen molar-refractivity contribution in [3.63, 3.8) is 0 Å². The van der Waals surface area contributed by atoms with Crippen molar-refractivity contribution in [1.82, 2.24) is 24.8 Å². The van der Waals surface area contributed by atoms with E-state index in [1.165, 1.54) is 21.8 Å². The van der Waals surface area contributed by atoms with Crippen LogP contribution in [0.25, 0.3) is 11.0 Å². The van der Waals surface area contributed by atoms with Crippen LogP contribution in [0.5, 0.6) is 5.75 Å². The highest BCUT2D eigenvalue weighted by atomic mass is 79.9. The summed E-state index contributed by atoms with van der Waals surface area (Å²) >= 11 is 3.57. The quantitative estimate of drug-likeness (QED) is 0.199. The Morgan fingerprint density at radius 2 is 1.74 bits per heavy atom. The first-order chi connectivity index (χ1) is 22.1. The van der Waals surface area contributed by atoms with Crippen LogP contribution in [0.1, 0.15) is 38.2 Å². The maximum atomic E-state index is 13.1. The number of hydrogen-bond donors (Lipinski definition) is 2. The number of hydrogen-bond acceptors (Lipinski definition) is 11. The molecule has 2 aromatic heterocycles. The molecule has 0 unspecified atom stereocenters. The van der Waals surface area contributed by atoms with Gasteiger partial charge in [-0.15, -0.1) is 0 Å². The van der Waals surface area contributed by atoms with Crippen LogP contribution >= 0.6 is 15.9 Å². The summed E-state index contributed by atoms with van der Waals surface area (Å²) in [5.74, 6) is 1.52. The number of halogens is 1. The van der Waals surface area contributed by atoms with Gasteiger partial charge in [0.25, 0.3) is 0 Å². The fourth-order valence-corrected chi connectivity index (χ4v) is 7.68. The third-order valence-electron chi connectivity index (χ3n) is 8.63. The number of sulfonamides is 1. The molecular formula is C32H40BrN9O3S.